The monoisotopic (exact) mass is 1080 g/mol. The number of carbonyl (C=O) groups excluding carboxylic acids is 8. The number of benzene rings is 3. The van der Waals surface area contributed by atoms with Gasteiger partial charge in [-0.25, -0.2) is 13.1 Å². The lowest BCUT2D eigenvalue weighted by Crippen LogP contribution is -2.64. The zero-order valence-electron chi connectivity index (χ0n) is 44.9. The standard InChI is InChI=1S/C58H76N8O10S/c1-5-38(3)52-58(74)65-32-20-17-27-49(65)56(72)60-45(25-14-10-13-23-43(67)6-2)54(70)61-46(55(71)62-52)34-42-36-64(48-26-16-15-24-44(42)48)37-51(68)59-30-18-7-8-19-31-66-50-35-41(53(69)39-21-11-9-12-22-39)29-28-40(50)33-47(57(66)73)63-77(4,75)76/h9,11-12,15-16,21-22,24,26,28-29,35-36,38,45-47,49,52,63H,5-8,10,13-14,17-20,23,25,27,30-34,37H2,1-4H3,(H,59,68)(H,60,72)(H,61,70)(H,62,71)/t38?,45-,46-,47?,49+,52-/m0/s1. The number of unbranched alkanes of at least 4 members (excludes halogenated alkanes) is 5. The lowest BCUT2D eigenvalue weighted by atomic mass is 9.93. The Bertz CT molecular complexity index is 2910. The molecule has 0 radical (unpaired) electrons. The van der Waals surface area contributed by atoms with Crippen molar-refractivity contribution in [3.8, 4) is 0 Å². The molecule has 6 amide bonds. The number of anilines is 1. The number of hydrogen-bond donors (Lipinski definition) is 5. The van der Waals surface area contributed by atoms with Crippen LogP contribution in [-0.2, 0) is 63.0 Å². The molecule has 0 saturated carbocycles. The summed E-state index contributed by atoms with van der Waals surface area (Å²) < 4.78 is 28.7. The number of carbonyl (C=O) groups is 8. The molecule has 19 heteroatoms. The Morgan fingerprint density at radius 1 is 0.766 bits per heavy atom. The fourth-order valence-corrected chi connectivity index (χ4v) is 11.4. The average Bonchev–Trinajstić information content (AvgIpc) is 3.76. The quantitative estimate of drug-likeness (QED) is 0.0441. The highest BCUT2D eigenvalue weighted by atomic mass is 32.2. The predicted octanol–water partition coefficient (Wildman–Crippen LogP) is 5.42. The number of nitrogens with zero attached hydrogens (tertiary/aromatic N) is 3. The van der Waals surface area contributed by atoms with E-state index in [0.717, 1.165) is 35.6 Å². The van der Waals surface area contributed by atoms with Gasteiger partial charge in [-0.3, -0.25) is 38.4 Å². The summed E-state index contributed by atoms with van der Waals surface area (Å²) in [5.74, 6) is -2.71. The van der Waals surface area contributed by atoms with E-state index in [4.69, 9.17) is 0 Å². The van der Waals surface area contributed by atoms with Crippen LogP contribution >= 0.6 is 0 Å². The molecule has 77 heavy (non-hydrogen) atoms. The minimum absolute atomic E-state index is 0.0245. The molecule has 3 aliphatic rings. The van der Waals surface area contributed by atoms with Gasteiger partial charge in [0.2, 0.25) is 45.5 Å². The van der Waals surface area contributed by atoms with Crippen molar-refractivity contribution in [1.29, 1.82) is 0 Å². The van der Waals surface area contributed by atoms with E-state index in [1.165, 1.54) is 0 Å². The molecule has 2 fully saturated rings. The minimum atomic E-state index is -3.69. The van der Waals surface area contributed by atoms with Crippen LogP contribution in [0.3, 0.4) is 0 Å². The fourth-order valence-electron chi connectivity index (χ4n) is 10.7. The van der Waals surface area contributed by atoms with Crippen LogP contribution in [0.5, 0.6) is 0 Å². The molecule has 0 spiro atoms. The molecule has 0 bridgehead atoms. The van der Waals surface area contributed by atoms with Crippen molar-refractivity contribution in [1.82, 2.24) is 35.5 Å². The van der Waals surface area contributed by atoms with Gasteiger partial charge in [-0.2, -0.15) is 0 Å². The number of piperidine rings is 1. The van der Waals surface area contributed by atoms with E-state index in [0.29, 0.717) is 113 Å². The maximum atomic E-state index is 14.6. The minimum Gasteiger partial charge on any atom is -0.355 e. The summed E-state index contributed by atoms with van der Waals surface area (Å²) in [6, 6.07) is 16.7. The van der Waals surface area contributed by atoms with Crippen LogP contribution in [0, 0.1) is 5.92 Å². The smallest absolute Gasteiger partial charge is 0.246 e. The van der Waals surface area contributed by atoms with E-state index < -0.39 is 58.0 Å². The molecule has 4 heterocycles. The number of fused-ring (bicyclic) bond motifs is 3. The van der Waals surface area contributed by atoms with Crippen LogP contribution in [0.25, 0.3) is 10.9 Å². The molecular weight excluding hydrogens is 1000 g/mol. The second-order valence-electron chi connectivity index (χ2n) is 21.0. The third-order valence-electron chi connectivity index (χ3n) is 15.2. The van der Waals surface area contributed by atoms with Crippen molar-refractivity contribution in [2.45, 2.75) is 160 Å². The number of hydrogen-bond acceptors (Lipinski definition) is 10. The third-order valence-corrected chi connectivity index (χ3v) is 15.9. The number of aromatic nitrogens is 1. The van der Waals surface area contributed by atoms with Crippen LogP contribution in [0.4, 0.5) is 5.69 Å². The van der Waals surface area contributed by atoms with Crippen molar-refractivity contribution in [3.63, 3.8) is 0 Å². The van der Waals surface area contributed by atoms with E-state index in [9.17, 15) is 46.8 Å². The van der Waals surface area contributed by atoms with Gasteiger partial charge in [0.1, 0.15) is 42.5 Å². The summed E-state index contributed by atoms with van der Waals surface area (Å²) in [5.41, 5.74) is 3.70. The molecule has 2 unspecified atom stereocenters. The van der Waals surface area contributed by atoms with E-state index >= 15 is 0 Å². The van der Waals surface area contributed by atoms with Gasteiger partial charge in [-0.1, -0.05) is 114 Å². The van der Waals surface area contributed by atoms with Crippen molar-refractivity contribution in [2.24, 2.45) is 5.92 Å². The molecule has 18 nitrogen and oxygen atoms in total. The van der Waals surface area contributed by atoms with Crippen molar-refractivity contribution < 1.29 is 46.8 Å². The van der Waals surface area contributed by atoms with E-state index in [1.54, 1.807) is 52.3 Å². The van der Waals surface area contributed by atoms with Gasteiger partial charge in [0.15, 0.2) is 5.78 Å². The number of rotatable bonds is 24. The summed E-state index contributed by atoms with van der Waals surface area (Å²) in [7, 11) is -3.69. The molecular formula is C58H76N8O10S. The highest BCUT2D eigenvalue weighted by molar-refractivity contribution is 7.88. The Kier molecular flexibility index (Phi) is 20.4. The molecule has 414 valence electrons. The van der Waals surface area contributed by atoms with Crippen molar-refractivity contribution >= 4 is 73.6 Å². The average molecular weight is 1080 g/mol. The van der Waals surface area contributed by atoms with Crippen LogP contribution in [-0.4, -0.2) is 121 Å². The first-order chi connectivity index (χ1) is 37.0. The summed E-state index contributed by atoms with van der Waals surface area (Å²) >= 11 is 0. The van der Waals surface area contributed by atoms with Crippen LogP contribution in [0.1, 0.15) is 138 Å². The molecule has 3 aliphatic heterocycles. The number of amides is 6. The van der Waals surface area contributed by atoms with Gasteiger partial charge in [-0.15, -0.1) is 0 Å². The van der Waals surface area contributed by atoms with E-state index in [1.807, 2.05) is 61.9 Å². The Labute approximate surface area is 452 Å². The first-order valence-electron chi connectivity index (χ1n) is 27.5. The van der Waals surface area contributed by atoms with Gasteiger partial charge in [0, 0.05) is 72.8 Å². The zero-order valence-corrected chi connectivity index (χ0v) is 45.8. The lowest BCUT2D eigenvalue weighted by molar-refractivity contribution is -0.147. The molecule has 7 rings (SSSR count). The second kappa shape index (κ2) is 27.0. The normalized spacial score (nSPS) is 20.7. The molecule has 0 aliphatic carbocycles. The van der Waals surface area contributed by atoms with Crippen LogP contribution in [0.2, 0.25) is 0 Å². The molecule has 1 aromatic heterocycles. The Hall–Kier alpha value is -6.73. The highest BCUT2D eigenvalue weighted by Gasteiger charge is 2.41. The van der Waals surface area contributed by atoms with E-state index in [-0.39, 0.29) is 61.0 Å². The van der Waals surface area contributed by atoms with Crippen LogP contribution < -0.4 is 30.9 Å². The van der Waals surface area contributed by atoms with Gasteiger partial charge < -0.3 is 35.6 Å². The van der Waals surface area contributed by atoms with Crippen molar-refractivity contribution in [3.05, 3.63) is 101 Å². The first-order valence-corrected chi connectivity index (χ1v) is 29.4. The number of nitrogens with one attached hydrogen (secondary N) is 5. The second-order valence-corrected chi connectivity index (χ2v) is 22.8. The van der Waals surface area contributed by atoms with Gasteiger partial charge in [-0.05, 0) is 80.5 Å². The van der Waals surface area contributed by atoms with Gasteiger partial charge in [0.25, 0.3) is 0 Å². The van der Waals surface area contributed by atoms with Gasteiger partial charge >= 0.3 is 0 Å². The highest BCUT2D eigenvalue weighted by Crippen LogP contribution is 2.31. The fraction of sp³-hybridized carbons (Fsp3) is 0.517. The van der Waals surface area contributed by atoms with Crippen LogP contribution in [0.15, 0.2) is 79.0 Å². The third kappa shape index (κ3) is 15.3. The Balaban J connectivity index is 0.995. The maximum Gasteiger partial charge on any atom is 0.246 e. The first kappa shape index (κ1) is 58.0. The molecule has 2 saturated heterocycles. The number of para-hydroxylation sites is 1. The Morgan fingerprint density at radius 2 is 1.48 bits per heavy atom. The van der Waals surface area contributed by atoms with Gasteiger partial charge in [0.05, 0.1) is 6.26 Å². The summed E-state index contributed by atoms with van der Waals surface area (Å²) in [6.07, 6.45) is 11.2. The topological polar surface area (TPSA) is 242 Å². The molecule has 5 N–H and O–H groups in total. The predicted molar refractivity (Wildman–Crippen MR) is 294 cm³/mol. The number of sulfonamides is 1. The molecule has 4 aromatic rings. The Morgan fingerprint density at radius 3 is 2.23 bits per heavy atom. The summed E-state index contributed by atoms with van der Waals surface area (Å²) in [6.45, 7) is 6.66. The lowest BCUT2D eigenvalue weighted by Gasteiger charge is -2.39. The molecule has 6 atom stereocenters. The summed E-state index contributed by atoms with van der Waals surface area (Å²) in [4.78, 5) is 113. The summed E-state index contributed by atoms with van der Waals surface area (Å²) in [5, 5.41) is 12.7. The SMILES string of the molecule is CCC(=O)CCCCC[C@@H]1NC(=O)[C@H]2CCCCN2C(=O)[C@H](C(C)CC)NC(=O)[C@H](Cc2cn(CC(=O)NCCCCCCN3C(=O)C(NS(C)(=O)=O)Cc4ccc(C(=O)c5ccccc5)cc43)c3ccccc23)NC1=O. The van der Waals surface area contributed by atoms with Crippen molar-refractivity contribution in [2.75, 3.05) is 30.8 Å². The maximum absolute atomic E-state index is 14.6. The number of Topliss-reactive ketones (excluding diaryl/α,β-unsaturated/α-hetero) is 1. The number of ketones is 2. The zero-order chi connectivity index (χ0) is 55.2. The molecule has 3 aromatic carbocycles. The van der Waals surface area contributed by atoms with E-state index in [2.05, 4.69) is 26.0 Å². The largest absolute Gasteiger partial charge is 0.355 e.